The number of carbonyl (C=O) groups excluding carboxylic acids is 1. The Bertz CT molecular complexity index is 1350. The predicted molar refractivity (Wildman–Crippen MR) is 120 cm³/mol. The lowest BCUT2D eigenvalue weighted by molar-refractivity contribution is 0.0731. The summed E-state index contributed by atoms with van der Waals surface area (Å²) in [5, 5.41) is 0.701. The zero-order valence-electron chi connectivity index (χ0n) is 17.2. The van der Waals surface area contributed by atoms with Crippen LogP contribution in [0.5, 0.6) is 11.5 Å². The van der Waals surface area contributed by atoms with Crippen molar-refractivity contribution in [1.29, 1.82) is 0 Å². The van der Waals surface area contributed by atoms with Crippen LogP contribution in [0.1, 0.15) is 21.5 Å². The number of fused-ring (bicyclic) bond motifs is 1. The molecule has 0 saturated carbocycles. The zero-order chi connectivity index (χ0) is 22.1. The summed E-state index contributed by atoms with van der Waals surface area (Å²) in [5.41, 5.74) is 2.58. The Morgan fingerprint density at radius 2 is 1.65 bits per heavy atom. The maximum atomic E-state index is 13.4. The number of carbonyl (C=O) groups is 1. The van der Waals surface area contributed by atoms with Gasteiger partial charge < -0.3 is 13.9 Å². The van der Waals surface area contributed by atoms with Crippen LogP contribution >= 0.6 is 11.6 Å². The highest BCUT2D eigenvalue weighted by Crippen LogP contribution is 2.36. The van der Waals surface area contributed by atoms with Crippen LogP contribution in [0.2, 0.25) is 5.02 Å². The highest BCUT2D eigenvalue weighted by atomic mass is 35.5. The molecule has 0 spiro atoms. The van der Waals surface area contributed by atoms with Gasteiger partial charge in [0.25, 0.3) is 0 Å². The molecule has 0 amide bonds. The molecule has 0 bridgehead atoms. The number of esters is 1. The Morgan fingerprint density at radius 3 is 2.32 bits per heavy atom. The molecule has 31 heavy (non-hydrogen) atoms. The second kappa shape index (κ2) is 8.28. The number of benzene rings is 3. The van der Waals surface area contributed by atoms with Gasteiger partial charge in [-0.1, -0.05) is 23.7 Å². The van der Waals surface area contributed by atoms with E-state index in [1.54, 1.807) is 60.7 Å². The van der Waals surface area contributed by atoms with E-state index >= 15 is 0 Å². The van der Waals surface area contributed by atoms with Crippen molar-refractivity contribution in [2.24, 2.45) is 0 Å². The first-order valence-electron chi connectivity index (χ1n) is 9.58. The lowest BCUT2D eigenvalue weighted by Gasteiger charge is -2.13. The van der Waals surface area contributed by atoms with Gasteiger partial charge in [0.15, 0.2) is 5.76 Å². The normalized spacial score (nSPS) is 10.8. The van der Waals surface area contributed by atoms with E-state index in [9.17, 15) is 9.59 Å². The summed E-state index contributed by atoms with van der Waals surface area (Å²) < 4.78 is 16.8. The molecule has 0 aliphatic carbocycles. The van der Waals surface area contributed by atoms with Crippen LogP contribution in [-0.4, -0.2) is 13.1 Å². The Labute approximate surface area is 183 Å². The van der Waals surface area contributed by atoms with Gasteiger partial charge in [0.05, 0.1) is 23.1 Å². The van der Waals surface area contributed by atoms with Crippen LogP contribution in [0, 0.1) is 13.8 Å². The molecule has 5 nitrogen and oxygen atoms in total. The van der Waals surface area contributed by atoms with E-state index in [0.717, 1.165) is 11.1 Å². The number of rotatable bonds is 4. The largest absolute Gasteiger partial charge is 0.497 e. The molecule has 0 radical (unpaired) electrons. The second-order valence-electron chi connectivity index (χ2n) is 7.12. The minimum atomic E-state index is -0.688. The average Bonchev–Trinajstić information content (AvgIpc) is 2.77. The van der Waals surface area contributed by atoms with Crippen molar-refractivity contribution in [1.82, 2.24) is 0 Å². The summed E-state index contributed by atoms with van der Waals surface area (Å²) in [6.45, 7) is 3.83. The van der Waals surface area contributed by atoms with E-state index < -0.39 is 11.4 Å². The molecule has 1 heterocycles. The van der Waals surface area contributed by atoms with Crippen LogP contribution in [0.3, 0.4) is 0 Å². The summed E-state index contributed by atoms with van der Waals surface area (Å²) in [6.07, 6.45) is 0. The number of aryl methyl sites for hydroxylation is 2. The molecule has 0 fully saturated rings. The molecule has 4 rings (SSSR count). The first kappa shape index (κ1) is 20.7. The first-order valence-corrected chi connectivity index (χ1v) is 9.96. The molecule has 4 aromatic rings. The second-order valence-corrected chi connectivity index (χ2v) is 7.53. The third kappa shape index (κ3) is 3.92. The Hall–Kier alpha value is -3.57. The highest BCUT2D eigenvalue weighted by Gasteiger charge is 2.23. The molecule has 3 aromatic carbocycles. The Kier molecular flexibility index (Phi) is 5.53. The summed E-state index contributed by atoms with van der Waals surface area (Å²) in [5.74, 6) is -0.186. The molecular formula is C25H19ClO5. The minimum Gasteiger partial charge on any atom is -0.497 e. The van der Waals surface area contributed by atoms with Gasteiger partial charge in [0, 0.05) is 5.56 Å². The van der Waals surface area contributed by atoms with E-state index in [0.29, 0.717) is 27.3 Å². The molecule has 0 N–H and O–H groups in total. The monoisotopic (exact) mass is 434 g/mol. The van der Waals surface area contributed by atoms with Gasteiger partial charge in [-0.3, -0.25) is 4.79 Å². The average molecular weight is 435 g/mol. The van der Waals surface area contributed by atoms with Crippen LogP contribution < -0.4 is 14.9 Å². The van der Waals surface area contributed by atoms with Gasteiger partial charge in [-0.2, -0.15) is 0 Å². The van der Waals surface area contributed by atoms with Gasteiger partial charge >= 0.3 is 5.97 Å². The van der Waals surface area contributed by atoms with Crippen molar-refractivity contribution < 1.29 is 18.7 Å². The molecule has 0 aliphatic rings. The van der Waals surface area contributed by atoms with E-state index in [2.05, 4.69) is 0 Å². The Morgan fingerprint density at radius 1 is 0.968 bits per heavy atom. The quantitative estimate of drug-likeness (QED) is 0.371. The molecule has 0 saturated heterocycles. The number of hydrogen-bond donors (Lipinski definition) is 0. The van der Waals surface area contributed by atoms with Crippen LogP contribution in [0.15, 0.2) is 69.9 Å². The summed E-state index contributed by atoms with van der Waals surface area (Å²) in [7, 11) is 1.53. The topological polar surface area (TPSA) is 65.7 Å². The van der Waals surface area contributed by atoms with Crippen LogP contribution in [0.25, 0.3) is 22.3 Å². The van der Waals surface area contributed by atoms with Crippen molar-refractivity contribution in [2.75, 3.05) is 7.11 Å². The van der Waals surface area contributed by atoms with Crippen molar-refractivity contribution in [3.05, 3.63) is 92.6 Å². The van der Waals surface area contributed by atoms with Gasteiger partial charge in [-0.25, -0.2) is 4.79 Å². The van der Waals surface area contributed by atoms with Crippen molar-refractivity contribution in [3.8, 4) is 22.8 Å². The molecule has 1 aromatic heterocycles. The highest BCUT2D eigenvalue weighted by molar-refractivity contribution is 6.33. The first-order chi connectivity index (χ1) is 14.9. The third-order valence-corrected chi connectivity index (χ3v) is 5.43. The fourth-order valence-electron chi connectivity index (χ4n) is 3.23. The molecular weight excluding hydrogens is 416 g/mol. The van der Waals surface area contributed by atoms with E-state index in [1.807, 2.05) is 13.8 Å². The zero-order valence-corrected chi connectivity index (χ0v) is 17.9. The lowest BCUT2D eigenvalue weighted by atomic mass is 10.0. The Balaban J connectivity index is 1.91. The SMILES string of the molecule is COc1ccc(C(=O)Oc2c(-c3ccccc3Cl)oc3cc(C)c(C)cc3c2=O)cc1. The number of methoxy groups -OCH3 is 1. The summed E-state index contributed by atoms with van der Waals surface area (Å²) in [4.78, 5) is 26.2. The molecule has 156 valence electrons. The molecule has 0 aliphatic heterocycles. The van der Waals surface area contributed by atoms with Gasteiger partial charge in [0.1, 0.15) is 11.3 Å². The van der Waals surface area contributed by atoms with Crippen LogP contribution in [-0.2, 0) is 0 Å². The van der Waals surface area contributed by atoms with E-state index in [1.165, 1.54) is 7.11 Å². The minimum absolute atomic E-state index is 0.105. The third-order valence-electron chi connectivity index (χ3n) is 5.10. The predicted octanol–water partition coefficient (Wildman–Crippen LogP) is 5.96. The van der Waals surface area contributed by atoms with Gasteiger partial charge in [0.2, 0.25) is 11.2 Å². The molecule has 6 heteroatoms. The number of hydrogen-bond acceptors (Lipinski definition) is 5. The van der Waals surface area contributed by atoms with Gasteiger partial charge in [-0.15, -0.1) is 0 Å². The lowest BCUT2D eigenvalue weighted by Crippen LogP contribution is -2.16. The van der Waals surface area contributed by atoms with Crippen molar-refractivity contribution >= 4 is 28.5 Å². The smallest absolute Gasteiger partial charge is 0.343 e. The van der Waals surface area contributed by atoms with Crippen molar-refractivity contribution in [2.45, 2.75) is 13.8 Å². The standard InChI is InChI=1S/C25H19ClO5/c1-14-12-19-21(13-15(14)2)30-23(18-6-4-5-7-20(18)26)24(22(19)27)31-25(28)16-8-10-17(29-3)11-9-16/h4-13H,1-3H3. The summed E-state index contributed by atoms with van der Waals surface area (Å²) >= 11 is 6.36. The fourth-order valence-corrected chi connectivity index (χ4v) is 3.45. The molecule has 0 atom stereocenters. The summed E-state index contributed by atoms with van der Waals surface area (Å²) in [6, 6.07) is 16.8. The maximum absolute atomic E-state index is 13.4. The fraction of sp³-hybridized carbons (Fsp3) is 0.120. The van der Waals surface area contributed by atoms with E-state index in [-0.39, 0.29) is 17.1 Å². The van der Waals surface area contributed by atoms with E-state index in [4.69, 9.17) is 25.5 Å². The number of ether oxygens (including phenoxy) is 2. The molecule has 0 unspecified atom stereocenters. The number of halogens is 1. The maximum Gasteiger partial charge on any atom is 0.343 e. The van der Waals surface area contributed by atoms with Crippen molar-refractivity contribution in [3.63, 3.8) is 0 Å². The van der Waals surface area contributed by atoms with Gasteiger partial charge in [-0.05, 0) is 73.5 Å². The van der Waals surface area contributed by atoms with Crippen LogP contribution in [0.4, 0.5) is 0 Å².